The molecule has 0 bridgehead atoms. The van der Waals surface area contributed by atoms with E-state index in [0.717, 1.165) is 43.3 Å². The van der Waals surface area contributed by atoms with E-state index < -0.39 is 0 Å². The molecule has 0 unspecified atom stereocenters. The van der Waals surface area contributed by atoms with Crippen LogP contribution in [0, 0.1) is 6.92 Å². The summed E-state index contributed by atoms with van der Waals surface area (Å²) in [6.07, 6.45) is 6.31. The second kappa shape index (κ2) is 8.33. The molecule has 1 aliphatic rings. The molecule has 1 aliphatic heterocycles. The highest BCUT2D eigenvalue weighted by Gasteiger charge is 2.30. The minimum Gasteiger partial charge on any atom is -0.347 e. The van der Waals surface area contributed by atoms with Gasteiger partial charge in [-0.1, -0.05) is 30.3 Å². The van der Waals surface area contributed by atoms with Crippen molar-refractivity contribution < 1.29 is 0 Å². The minimum atomic E-state index is 0.288. The number of nitrogens with zero attached hydrogens (tertiary/aromatic N) is 6. The van der Waals surface area contributed by atoms with E-state index in [-0.39, 0.29) is 6.04 Å². The van der Waals surface area contributed by atoms with Crippen molar-refractivity contribution in [3.8, 4) is 11.1 Å². The second-order valence-electron chi connectivity index (χ2n) is 7.93. The van der Waals surface area contributed by atoms with Crippen LogP contribution in [0.15, 0.2) is 42.7 Å². The predicted octanol–water partition coefficient (Wildman–Crippen LogP) is 4.07. The summed E-state index contributed by atoms with van der Waals surface area (Å²) in [5, 5.41) is 4.53. The summed E-state index contributed by atoms with van der Waals surface area (Å²) in [6, 6.07) is 10.8. The van der Waals surface area contributed by atoms with Gasteiger partial charge in [0.2, 0.25) is 5.95 Å². The second-order valence-corrected chi connectivity index (χ2v) is 7.93. The van der Waals surface area contributed by atoms with Crippen molar-refractivity contribution in [3.63, 3.8) is 0 Å². The molecule has 152 valence electrons. The SMILES string of the molecule is CCn1ncc(CN2CCC[C@@H]2c2nc(N(C)C)ncc2-c2ccccc2)c1C. The van der Waals surface area contributed by atoms with Gasteiger partial charge in [0.05, 0.1) is 17.9 Å². The van der Waals surface area contributed by atoms with Gasteiger partial charge in [-0.05, 0) is 38.8 Å². The van der Waals surface area contributed by atoms with Crippen LogP contribution in [-0.2, 0) is 13.1 Å². The van der Waals surface area contributed by atoms with Gasteiger partial charge >= 0.3 is 0 Å². The third-order valence-electron chi connectivity index (χ3n) is 5.85. The molecule has 6 heteroatoms. The van der Waals surface area contributed by atoms with E-state index in [4.69, 9.17) is 4.98 Å². The Balaban J connectivity index is 1.71. The average Bonchev–Trinajstić information content (AvgIpc) is 3.35. The molecule has 1 fully saturated rings. The van der Waals surface area contributed by atoms with Crippen molar-refractivity contribution in [1.29, 1.82) is 0 Å². The predicted molar refractivity (Wildman–Crippen MR) is 117 cm³/mol. The molecular formula is C23H30N6. The largest absolute Gasteiger partial charge is 0.347 e. The Hall–Kier alpha value is -2.73. The number of rotatable bonds is 6. The molecule has 0 spiro atoms. The number of aryl methyl sites for hydroxylation is 1. The molecule has 0 radical (unpaired) electrons. The lowest BCUT2D eigenvalue weighted by molar-refractivity contribution is 0.244. The molecule has 0 amide bonds. The Bertz CT molecular complexity index is 963. The lowest BCUT2D eigenvalue weighted by Crippen LogP contribution is -2.25. The van der Waals surface area contributed by atoms with E-state index in [1.807, 2.05) is 37.5 Å². The zero-order valence-corrected chi connectivity index (χ0v) is 17.8. The van der Waals surface area contributed by atoms with Crippen molar-refractivity contribution in [2.45, 2.75) is 45.8 Å². The van der Waals surface area contributed by atoms with Crippen LogP contribution < -0.4 is 4.90 Å². The Morgan fingerprint density at radius 3 is 2.62 bits per heavy atom. The Morgan fingerprint density at radius 1 is 1.14 bits per heavy atom. The monoisotopic (exact) mass is 390 g/mol. The fraction of sp³-hybridized carbons (Fsp3) is 0.435. The maximum absolute atomic E-state index is 5.02. The molecule has 0 aliphatic carbocycles. The highest BCUT2D eigenvalue weighted by atomic mass is 15.3. The Kier molecular flexibility index (Phi) is 5.62. The highest BCUT2D eigenvalue weighted by Crippen LogP contribution is 2.38. The zero-order valence-electron chi connectivity index (χ0n) is 17.8. The van der Waals surface area contributed by atoms with Crippen LogP contribution >= 0.6 is 0 Å². The summed E-state index contributed by atoms with van der Waals surface area (Å²) in [4.78, 5) is 14.2. The lowest BCUT2D eigenvalue weighted by atomic mass is 9.99. The molecule has 3 heterocycles. The van der Waals surface area contributed by atoms with Gasteiger partial charge in [-0.25, -0.2) is 9.97 Å². The molecular weight excluding hydrogens is 360 g/mol. The molecule has 1 atom stereocenters. The van der Waals surface area contributed by atoms with Gasteiger partial charge in [-0.3, -0.25) is 9.58 Å². The molecule has 29 heavy (non-hydrogen) atoms. The average molecular weight is 391 g/mol. The van der Waals surface area contributed by atoms with Crippen LogP contribution in [0.5, 0.6) is 0 Å². The number of anilines is 1. The van der Waals surface area contributed by atoms with Gasteiger partial charge in [0.15, 0.2) is 0 Å². The third-order valence-corrected chi connectivity index (χ3v) is 5.85. The Morgan fingerprint density at radius 2 is 1.93 bits per heavy atom. The summed E-state index contributed by atoms with van der Waals surface area (Å²) in [5.41, 5.74) is 6.01. The van der Waals surface area contributed by atoms with Crippen LogP contribution in [0.2, 0.25) is 0 Å². The van der Waals surface area contributed by atoms with Gasteiger partial charge in [0.1, 0.15) is 0 Å². The number of likely N-dealkylation sites (tertiary alicyclic amines) is 1. The maximum Gasteiger partial charge on any atom is 0.225 e. The lowest BCUT2D eigenvalue weighted by Gasteiger charge is -2.26. The van der Waals surface area contributed by atoms with E-state index in [1.165, 1.54) is 23.2 Å². The topological polar surface area (TPSA) is 50.1 Å². The van der Waals surface area contributed by atoms with Crippen molar-refractivity contribution in [2.75, 3.05) is 25.5 Å². The molecule has 3 aromatic rings. The fourth-order valence-corrected chi connectivity index (χ4v) is 4.20. The first-order valence-corrected chi connectivity index (χ1v) is 10.4. The van der Waals surface area contributed by atoms with Crippen LogP contribution in [0.25, 0.3) is 11.1 Å². The van der Waals surface area contributed by atoms with E-state index >= 15 is 0 Å². The smallest absolute Gasteiger partial charge is 0.225 e. The standard InChI is InChI=1S/C23H30N6/c1-5-29-17(2)19(14-25-29)16-28-13-9-12-21(28)22-20(18-10-7-6-8-11-18)15-24-23(26-22)27(3)4/h6-8,10-11,14-15,21H,5,9,12-13,16H2,1-4H3/t21-/m1/s1. The van der Waals surface area contributed by atoms with Crippen LogP contribution in [0.1, 0.15) is 42.8 Å². The van der Waals surface area contributed by atoms with Gasteiger partial charge in [0, 0.05) is 50.2 Å². The normalized spacial score (nSPS) is 17.0. The molecule has 1 saturated heterocycles. The van der Waals surface area contributed by atoms with Gasteiger partial charge in [-0.15, -0.1) is 0 Å². The first kappa shape index (κ1) is 19.6. The van der Waals surface area contributed by atoms with E-state index in [9.17, 15) is 0 Å². The van der Waals surface area contributed by atoms with Crippen molar-refractivity contribution in [3.05, 3.63) is 59.7 Å². The molecule has 6 nitrogen and oxygen atoms in total. The van der Waals surface area contributed by atoms with Crippen LogP contribution in [-0.4, -0.2) is 45.3 Å². The Labute approximate surface area is 173 Å². The molecule has 2 aromatic heterocycles. The van der Waals surface area contributed by atoms with E-state index in [1.54, 1.807) is 0 Å². The third kappa shape index (κ3) is 3.90. The summed E-state index contributed by atoms with van der Waals surface area (Å²) in [5.74, 6) is 0.765. The zero-order chi connectivity index (χ0) is 20.4. The highest BCUT2D eigenvalue weighted by molar-refractivity contribution is 5.66. The first-order valence-electron chi connectivity index (χ1n) is 10.4. The van der Waals surface area contributed by atoms with Crippen LogP contribution in [0.3, 0.4) is 0 Å². The summed E-state index contributed by atoms with van der Waals surface area (Å²) >= 11 is 0. The number of hydrogen-bond donors (Lipinski definition) is 0. The number of hydrogen-bond acceptors (Lipinski definition) is 5. The first-order chi connectivity index (χ1) is 14.1. The maximum atomic E-state index is 5.02. The minimum absolute atomic E-state index is 0.288. The number of aromatic nitrogens is 4. The van der Waals surface area contributed by atoms with Gasteiger partial charge < -0.3 is 4.90 Å². The molecule has 1 aromatic carbocycles. The van der Waals surface area contributed by atoms with Crippen molar-refractivity contribution in [2.24, 2.45) is 0 Å². The fourth-order valence-electron chi connectivity index (χ4n) is 4.20. The summed E-state index contributed by atoms with van der Waals surface area (Å²) in [6.45, 7) is 7.20. The molecule has 0 N–H and O–H groups in total. The number of benzene rings is 1. The van der Waals surface area contributed by atoms with E-state index in [2.05, 4.69) is 57.8 Å². The summed E-state index contributed by atoms with van der Waals surface area (Å²) in [7, 11) is 3.99. The van der Waals surface area contributed by atoms with Gasteiger partial charge in [-0.2, -0.15) is 5.10 Å². The van der Waals surface area contributed by atoms with Crippen molar-refractivity contribution >= 4 is 5.95 Å². The van der Waals surface area contributed by atoms with E-state index in [0.29, 0.717) is 0 Å². The molecule has 4 rings (SSSR count). The van der Waals surface area contributed by atoms with Gasteiger partial charge in [0.25, 0.3) is 0 Å². The quantitative estimate of drug-likeness (QED) is 0.635. The van der Waals surface area contributed by atoms with Crippen molar-refractivity contribution in [1.82, 2.24) is 24.6 Å². The molecule has 0 saturated carbocycles. The summed E-state index contributed by atoms with van der Waals surface area (Å²) < 4.78 is 2.07. The van der Waals surface area contributed by atoms with Crippen LogP contribution in [0.4, 0.5) is 5.95 Å².